The Morgan fingerprint density at radius 2 is 1.90 bits per heavy atom. The van der Waals surface area contributed by atoms with Crippen molar-refractivity contribution in [3.63, 3.8) is 0 Å². The lowest BCUT2D eigenvalue weighted by atomic mass is 10.2. The summed E-state index contributed by atoms with van der Waals surface area (Å²) in [4.78, 5) is 20.5. The van der Waals surface area contributed by atoms with Crippen LogP contribution in [0.25, 0.3) is 0 Å². The Morgan fingerprint density at radius 3 is 2.48 bits per heavy atom. The summed E-state index contributed by atoms with van der Waals surface area (Å²) in [6, 6.07) is 3.87. The van der Waals surface area contributed by atoms with Crippen LogP contribution in [0, 0.1) is 0 Å². The molecular formula is C20H36IN5O3. The second kappa shape index (κ2) is 12.9. The van der Waals surface area contributed by atoms with E-state index in [4.69, 9.17) is 9.15 Å². The number of halogens is 1. The first kappa shape index (κ1) is 25.5. The summed E-state index contributed by atoms with van der Waals surface area (Å²) in [6.45, 7) is 11.5. The van der Waals surface area contributed by atoms with Crippen molar-refractivity contribution in [2.75, 3.05) is 52.9 Å². The molecule has 0 aromatic carbocycles. The van der Waals surface area contributed by atoms with E-state index in [9.17, 15) is 4.79 Å². The maximum Gasteiger partial charge on any atom is 0.410 e. The molecule has 8 nitrogen and oxygen atoms in total. The van der Waals surface area contributed by atoms with Crippen LogP contribution >= 0.6 is 24.0 Å². The molecule has 0 bridgehead atoms. The third-order valence-electron chi connectivity index (χ3n) is 4.44. The van der Waals surface area contributed by atoms with Gasteiger partial charge in [-0.05, 0) is 45.9 Å². The molecule has 0 unspecified atom stereocenters. The molecule has 2 heterocycles. The number of hydrogen-bond donors (Lipinski definition) is 2. The average molecular weight is 521 g/mol. The first-order valence-corrected chi connectivity index (χ1v) is 10.0. The quantitative estimate of drug-likeness (QED) is 0.249. The fourth-order valence-electron chi connectivity index (χ4n) is 2.97. The van der Waals surface area contributed by atoms with Crippen molar-refractivity contribution < 1.29 is 13.9 Å². The molecule has 2 rings (SSSR count). The molecule has 0 aliphatic carbocycles. The average Bonchev–Trinajstić information content (AvgIpc) is 3.16. The van der Waals surface area contributed by atoms with Crippen LogP contribution in [-0.2, 0) is 11.2 Å². The monoisotopic (exact) mass is 521 g/mol. The van der Waals surface area contributed by atoms with E-state index in [0.717, 1.165) is 70.4 Å². The summed E-state index contributed by atoms with van der Waals surface area (Å²) in [6.07, 6.45) is 3.33. The second-order valence-electron chi connectivity index (χ2n) is 7.92. The van der Waals surface area contributed by atoms with Crippen molar-refractivity contribution in [2.45, 2.75) is 39.2 Å². The number of furan rings is 1. The SMILES string of the molecule is CN=C(NCCCN1CCN(C(=O)OC(C)(C)C)CC1)NCCc1ccco1.I. The van der Waals surface area contributed by atoms with Crippen LogP contribution in [0.5, 0.6) is 0 Å². The minimum Gasteiger partial charge on any atom is -0.469 e. The first-order valence-electron chi connectivity index (χ1n) is 10.0. The van der Waals surface area contributed by atoms with Crippen LogP contribution in [0.15, 0.2) is 27.8 Å². The summed E-state index contributed by atoms with van der Waals surface area (Å²) in [5, 5.41) is 6.63. The van der Waals surface area contributed by atoms with E-state index in [-0.39, 0.29) is 30.1 Å². The molecule has 1 aromatic heterocycles. The number of amides is 1. The predicted octanol–water partition coefficient (Wildman–Crippen LogP) is 2.55. The van der Waals surface area contributed by atoms with Crippen molar-refractivity contribution in [1.29, 1.82) is 0 Å². The van der Waals surface area contributed by atoms with Crippen molar-refractivity contribution >= 4 is 36.0 Å². The standard InChI is InChI=1S/C20H35N5O3.HI/c1-20(2,3)28-19(26)25-14-12-24(13-15-25)11-6-9-22-18(21-4)23-10-8-17-7-5-16-27-17;/h5,7,16H,6,8-15H2,1-4H3,(H2,21,22,23);1H. The Labute approximate surface area is 191 Å². The number of aliphatic imine (C=N–C) groups is 1. The third-order valence-corrected chi connectivity index (χ3v) is 4.44. The molecule has 1 aromatic rings. The van der Waals surface area contributed by atoms with E-state index < -0.39 is 5.60 Å². The summed E-state index contributed by atoms with van der Waals surface area (Å²) in [5.74, 6) is 1.77. The molecule has 1 aliphatic heterocycles. The first-order chi connectivity index (χ1) is 13.4. The molecule has 1 aliphatic rings. The number of rotatable bonds is 7. The lowest BCUT2D eigenvalue weighted by molar-refractivity contribution is 0.0145. The molecule has 0 atom stereocenters. The van der Waals surface area contributed by atoms with E-state index in [1.165, 1.54) is 0 Å². The summed E-state index contributed by atoms with van der Waals surface area (Å²) in [5.41, 5.74) is -0.440. The molecule has 2 N–H and O–H groups in total. The highest BCUT2D eigenvalue weighted by molar-refractivity contribution is 14.0. The molecule has 0 radical (unpaired) electrons. The normalized spacial score (nSPS) is 15.6. The zero-order valence-corrected chi connectivity index (χ0v) is 20.4. The van der Waals surface area contributed by atoms with Gasteiger partial charge in [0.15, 0.2) is 5.96 Å². The fourth-order valence-corrected chi connectivity index (χ4v) is 2.97. The molecular weight excluding hydrogens is 485 g/mol. The van der Waals surface area contributed by atoms with Gasteiger partial charge in [-0.25, -0.2) is 4.79 Å². The number of nitrogens with zero attached hydrogens (tertiary/aromatic N) is 3. The van der Waals surface area contributed by atoms with E-state index in [1.807, 2.05) is 32.9 Å². The van der Waals surface area contributed by atoms with Gasteiger partial charge in [-0.15, -0.1) is 24.0 Å². The third kappa shape index (κ3) is 10.2. The molecule has 29 heavy (non-hydrogen) atoms. The number of ether oxygens (including phenoxy) is 1. The van der Waals surface area contributed by atoms with Gasteiger partial charge in [-0.2, -0.15) is 0 Å². The van der Waals surface area contributed by atoms with Crippen molar-refractivity contribution in [2.24, 2.45) is 4.99 Å². The van der Waals surface area contributed by atoms with Gasteiger partial charge in [0.25, 0.3) is 0 Å². The highest BCUT2D eigenvalue weighted by Crippen LogP contribution is 2.11. The Bertz CT molecular complexity index is 608. The summed E-state index contributed by atoms with van der Waals surface area (Å²) >= 11 is 0. The van der Waals surface area contributed by atoms with Crippen LogP contribution in [-0.4, -0.2) is 80.3 Å². The van der Waals surface area contributed by atoms with Crippen LogP contribution in [0.2, 0.25) is 0 Å². The lowest BCUT2D eigenvalue weighted by Gasteiger charge is -2.35. The molecule has 1 fully saturated rings. The zero-order chi connectivity index (χ0) is 20.4. The maximum absolute atomic E-state index is 12.1. The Kier molecular flexibility index (Phi) is 11.4. The number of piperazine rings is 1. The summed E-state index contributed by atoms with van der Waals surface area (Å²) < 4.78 is 10.8. The van der Waals surface area contributed by atoms with Gasteiger partial charge in [0.2, 0.25) is 0 Å². The van der Waals surface area contributed by atoms with E-state index >= 15 is 0 Å². The highest BCUT2D eigenvalue weighted by Gasteiger charge is 2.25. The maximum atomic E-state index is 12.1. The number of carbonyl (C=O) groups excluding carboxylic acids is 1. The van der Waals surface area contributed by atoms with Crippen molar-refractivity contribution in [3.05, 3.63) is 24.2 Å². The number of carbonyl (C=O) groups is 1. The smallest absolute Gasteiger partial charge is 0.410 e. The molecule has 1 saturated heterocycles. The van der Waals surface area contributed by atoms with Gasteiger partial charge in [0.1, 0.15) is 11.4 Å². The lowest BCUT2D eigenvalue weighted by Crippen LogP contribution is -2.50. The van der Waals surface area contributed by atoms with Crippen LogP contribution in [0.4, 0.5) is 4.79 Å². The Morgan fingerprint density at radius 1 is 1.21 bits per heavy atom. The second-order valence-corrected chi connectivity index (χ2v) is 7.92. The number of hydrogen-bond acceptors (Lipinski definition) is 5. The number of guanidine groups is 1. The van der Waals surface area contributed by atoms with Gasteiger partial charge in [-0.3, -0.25) is 9.89 Å². The van der Waals surface area contributed by atoms with E-state index in [1.54, 1.807) is 18.2 Å². The van der Waals surface area contributed by atoms with E-state index in [2.05, 4.69) is 20.5 Å². The largest absolute Gasteiger partial charge is 0.469 e. The Hall–Kier alpha value is -1.49. The summed E-state index contributed by atoms with van der Waals surface area (Å²) in [7, 11) is 1.78. The highest BCUT2D eigenvalue weighted by atomic mass is 127. The zero-order valence-electron chi connectivity index (χ0n) is 18.1. The molecule has 9 heteroatoms. The Balaban J connectivity index is 0.00000420. The minimum atomic E-state index is -0.440. The number of nitrogens with one attached hydrogen (secondary N) is 2. The van der Waals surface area contributed by atoms with Crippen molar-refractivity contribution in [1.82, 2.24) is 20.4 Å². The van der Waals surface area contributed by atoms with Gasteiger partial charge >= 0.3 is 6.09 Å². The topological polar surface area (TPSA) is 82.3 Å². The van der Waals surface area contributed by atoms with Gasteiger partial charge < -0.3 is 24.7 Å². The predicted molar refractivity (Wildman–Crippen MR) is 126 cm³/mol. The molecule has 1 amide bonds. The van der Waals surface area contributed by atoms with Crippen LogP contribution < -0.4 is 10.6 Å². The van der Waals surface area contributed by atoms with Gasteiger partial charge in [-0.1, -0.05) is 0 Å². The molecule has 166 valence electrons. The fraction of sp³-hybridized carbons (Fsp3) is 0.700. The molecule has 0 spiro atoms. The van der Waals surface area contributed by atoms with E-state index in [0.29, 0.717) is 0 Å². The van der Waals surface area contributed by atoms with Gasteiger partial charge in [0.05, 0.1) is 6.26 Å². The molecule has 0 saturated carbocycles. The van der Waals surface area contributed by atoms with Crippen LogP contribution in [0.3, 0.4) is 0 Å². The minimum absolute atomic E-state index is 0. The van der Waals surface area contributed by atoms with Gasteiger partial charge in [0, 0.05) is 52.7 Å². The van der Waals surface area contributed by atoms with Crippen molar-refractivity contribution in [3.8, 4) is 0 Å². The van der Waals surface area contributed by atoms with Crippen LogP contribution in [0.1, 0.15) is 33.0 Å².